The average Bonchev–Trinajstić information content (AvgIpc) is 2.48. The Morgan fingerprint density at radius 2 is 2.14 bits per heavy atom. The van der Waals surface area contributed by atoms with E-state index in [1.807, 2.05) is 0 Å². The molecule has 0 atom stereocenters. The lowest BCUT2D eigenvalue weighted by atomic mass is 10.5. The van der Waals surface area contributed by atoms with Crippen molar-refractivity contribution in [2.45, 2.75) is 6.92 Å². The van der Waals surface area contributed by atoms with Gasteiger partial charge in [-0.3, -0.25) is 10.1 Å². The number of anilines is 1. The minimum absolute atomic E-state index is 0.0671. The van der Waals surface area contributed by atoms with Crippen LogP contribution in [0.1, 0.15) is 5.89 Å². The van der Waals surface area contributed by atoms with Gasteiger partial charge in [-0.25, -0.2) is 4.79 Å². The quantitative estimate of drug-likeness (QED) is 0.658. The topological polar surface area (TPSA) is 105 Å². The van der Waals surface area contributed by atoms with E-state index < -0.39 is 11.9 Å². The molecule has 1 aromatic rings. The van der Waals surface area contributed by atoms with Gasteiger partial charge in [0.15, 0.2) is 0 Å². The lowest BCUT2D eigenvalue weighted by Gasteiger charge is -1.91. The number of carbonyl (C=O) groups excluding carboxylic acids is 1. The predicted molar refractivity (Wildman–Crippen MR) is 44.4 cm³/mol. The van der Waals surface area contributed by atoms with Gasteiger partial charge in [-0.15, -0.1) is 5.10 Å². The first kappa shape index (κ1) is 9.90. The number of nitrogens with one attached hydrogen (secondary N) is 1. The fourth-order valence-electron chi connectivity index (χ4n) is 0.641. The zero-order valence-electron chi connectivity index (χ0n) is 7.22. The highest BCUT2D eigenvalue weighted by Crippen LogP contribution is 2.02. The lowest BCUT2D eigenvalue weighted by molar-refractivity contribution is -0.131. The second-order valence-electron chi connectivity index (χ2n) is 2.29. The third-order valence-corrected chi connectivity index (χ3v) is 1.13. The first-order chi connectivity index (χ1) is 6.58. The van der Waals surface area contributed by atoms with E-state index in [2.05, 4.69) is 15.5 Å². The average molecular weight is 197 g/mol. The molecule has 1 rings (SSSR count). The minimum atomic E-state index is -1.21. The van der Waals surface area contributed by atoms with Crippen LogP contribution in [-0.4, -0.2) is 27.2 Å². The molecule has 0 unspecified atom stereocenters. The Kier molecular flexibility index (Phi) is 2.95. The van der Waals surface area contributed by atoms with Crippen molar-refractivity contribution in [2.75, 3.05) is 5.32 Å². The van der Waals surface area contributed by atoms with E-state index in [9.17, 15) is 9.59 Å². The number of carbonyl (C=O) groups is 2. The summed E-state index contributed by atoms with van der Waals surface area (Å²) in [5, 5.41) is 17.3. The smallest absolute Gasteiger partial charge is 0.328 e. The Hall–Kier alpha value is -2.18. The molecule has 0 bridgehead atoms. The van der Waals surface area contributed by atoms with Gasteiger partial charge in [0.2, 0.25) is 5.89 Å². The molecule has 0 fully saturated rings. The van der Waals surface area contributed by atoms with Crippen molar-refractivity contribution in [3.63, 3.8) is 0 Å². The van der Waals surface area contributed by atoms with Crippen molar-refractivity contribution in [3.05, 3.63) is 18.0 Å². The molecule has 1 amide bonds. The highest BCUT2D eigenvalue weighted by molar-refractivity contribution is 6.01. The third kappa shape index (κ3) is 3.05. The van der Waals surface area contributed by atoms with Crippen molar-refractivity contribution in [1.29, 1.82) is 0 Å². The van der Waals surface area contributed by atoms with Crippen molar-refractivity contribution in [2.24, 2.45) is 0 Å². The van der Waals surface area contributed by atoms with E-state index in [0.717, 1.165) is 6.08 Å². The van der Waals surface area contributed by atoms with E-state index in [4.69, 9.17) is 9.52 Å². The summed E-state index contributed by atoms with van der Waals surface area (Å²) in [6, 6.07) is -0.0671. The number of nitrogens with zero attached hydrogens (tertiary/aromatic N) is 2. The molecule has 0 aromatic carbocycles. The van der Waals surface area contributed by atoms with Crippen molar-refractivity contribution in [3.8, 4) is 0 Å². The molecule has 0 saturated heterocycles. The maximum Gasteiger partial charge on any atom is 0.328 e. The highest BCUT2D eigenvalue weighted by atomic mass is 16.4. The summed E-state index contributed by atoms with van der Waals surface area (Å²) in [6.45, 7) is 1.57. The van der Waals surface area contributed by atoms with Crippen LogP contribution in [0.3, 0.4) is 0 Å². The van der Waals surface area contributed by atoms with Gasteiger partial charge in [0, 0.05) is 19.1 Å². The first-order valence-corrected chi connectivity index (χ1v) is 3.60. The van der Waals surface area contributed by atoms with E-state index in [1.54, 1.807) is 6.92 Å². The lowest BCUT2D eigenvalue weighted by Crippen LogP contribution is -2.08. The van der Waals surface area contributed by atoms with Crippen molar-refractivity contribution >= 4 is 17.9 Å². The Morgan fingerprint density at radius 3 is 2.64 bits per heavy atom. The molecule has 1 heterocycles. The van der Waals surface area contributed by atoms with E-state index in [1.165, 1.54) is 0 Å². The molecule has 0 aliphatic carbocycles. The van der Waals surface area contributed by atoms with Crippen LogP contribution in [0.15, 0.2) is 16.6 Å². The molecule has 7 heteroatoms. The largest absolute Gasteiger partial charge is 0.478 e. The SMILES string of the molecule is Cc1nnc(NC(=O)/C=C/C(=O)O)o1. The number of carboxylic acids is 1. The number of aliphatic carboxylic acids is 1. The monoisotopic (exact) mass is 197 g/mol. The van der Waals surface area contributed by atoms with Gasteiger partial charge in [0.05, 0.1) is 0 Å². The predicted octanol–water partition coefficient (Wildman–Crippen LogP) is -0.0427. The molecule has 0 saturated carbocycles. The molecule has 7 nitrogen and oxygen atoms in total. The van der Waals surface area contributed by atoms with Gasteiger partial charge < -0.3 is 9.52 Å². The van der Waals surface area contributed by atoms with Gasteiger partial charge in [0.1, 0.15) is 0 Å². The number of carboxylic acid groups (broad SMARTS) is 1. The molecule has 74 valence electrons. The number of hydrogen-bond donors (Lipinski definition) is 2. The van der Waals surface area contributed by atoms with Gasteiger partial charge in [0.25, 0.3) is 5.91 Å². The van der Waals surface area contributed by atoms with Crippen LogP contribution in [0, 0.1) is 6.92 Å². The number of rotatable bonds is 3. The van der Waals surface area contributed by atoms with E-state index in [-0.39, 0.29) is 6.01 Å². The summed E-state index contributed by atoms with van der Waals surface area (Å²) in [4.78, 5) is 21.0. The molecule has 2 N–H and O–H groups in total. The van der Waals surface area contributed by atoms with Crippen molar-refractivity contribution in [1.82, 2.24) is 10.2 Å². The molecule has 1 aromatic heterocycles. The summed E-state index contributed by atoms with van der Waals surface area (Å²) in [5.74, 6) is -1.54. The molecule has 0 spiro atoms. The summed E-state index contributed by atoms with van der Waals surface area (Å²) in [5.41, 5.74) is 0. The van der Waals surface area contributed by atoms with E-state index in [0.29, 0.717) is 12.0 Å². The third-order valence-electron chi connectivity index (χ3n) is 1.13. The summed E-state index contributed by atoms with van der Waals surface area (Å²) < 4.78 is 4.83. The number of amides is 1. The number of aryl methyl sites for hydroxylation is 1. The van der Waals surface area contributed by atoms with E-state index >= 15 is 0 Å². The summed E-state index contributed by atoms with van der Waals surface area (Å²) in [6.07, 6.45) is 1.56. The Bertz CT molecular complexity index is 382. The van der Waals surface area contributed by atoms with Crippen molar-refractivity contribution < 1.29 is 19.1 Å². The molecular formula is C7H7N3O4. The molecule has 0 aliphatic heterocycles. The summed E-state index contributed by atoms with van der Waals surface area (Å²) >= 11 is 0. The number of hydrogen-bond acceptors (Lipinski definition) is 5. The van der Waals surface area contributed by atoms with Crippen LogP contribution in [-0.2, 0) is 9.59 Å². The number of aromatic nitrogens is 2. The zero-order valence-corrected chi connectivity index (χ0v) is 7.22. The van der Waals surface area contributed by atoms with Crippen LogP contribution in [0.2, 0.25) is 0 Å². The second kappa shape index (κ2) is 4.17. The van der Waals surface area contributed by atoms with Gasteiger partial charge in [-0.05, 0) is 0 Å². The second-order valence-corrected chi connectivity index (χ2v) is 2.29. The Morgan fingerprint density at radius 1 is 1.43 bits per heavy atom. The standard InChI is InChI=1S/C7H7N3O4/c1-4-9-10-7(14-4)8-5(11)2-3-6(12)13/h2-3H,1H3,(H,12,13)(H,8,10,11)/b3-2+. The molecule has 0 radical (unpaired) electrons. The van der Waals surface area contributed by atoms with Crippen LogP contribution in [0.5, 0.6) is 0 Å². The van der Waals surface area contributed by atoms with Crippen LogP contribution >= 0.6 is 0 Å². The maximum absolute atomic E-state index is 10.9. The fourth-order valence-corrected chi connectivity index (χ4v) is 0.641. The maximum atomic E-state index is 10.9. The molecular weight excluding hydrogens is 190 g/mol. The zero-order chi connectivity index (χ0) is 10.6. The summed E-state index contributed by atoms with van der Waals surface area (Å²) in [7, 11) is 0. The van der Waals surface area contributed by atoms with Crippen LogP contribution in [0.25, 0.3) is 0 Å². The van der Waals surface area contributed by atoms with Gasteiger partial charge in [-0.1, -0.05) is 5.10 Å². The van der Waals surface area contributed by atoms with Crippen LogP contribution in [0.4, 0.5) is 6.01 Å². The van der Waals surface area contributed by atoms with Gasteiger partial charge in [-0.2, -0.15) is 0 Å². The fraction of sp³-hybridized carbons (Fsp3) is 0.143. The first-order valence-electron chi connectivity index (χ1n) is 3.60. The van der Waals surface area contributed by atoms with Crippen LogP contribution < -0.4 is 5.32 Å². The minimum Gasteiger partial charge on any atom is -0.478 e. The highest BCUT2D eigenvalue weighted by Gasteiger charge is 2.04. The Labute approximate surface area is 78.4 Å². The normalized spacial score (nSPS) is 10.4. The Balaban J connectivity index is 2.53. The molecule has 0 aliphatic rings. The van der Waals surface area contributed by atoms with Gasteiger partial charge >= 0.3 is 12.0 Å². The molecule has 14 heavy (non-hydrogen) atoms.